The monoisotopic (exact) mass is 277 g/mol. The zero-order chi connectivity index (χ0) is 14.1. The maximum atomic E-state index is 12.3. The van der Waals surface area contributed by atoms with Crippen molar-refractivity contribution in [2.75, 3.05) is 5.32 Å². The molecular weight excluding hydrogens is 254 g/mol. The summed E-state index contributed by atoms with van der Waals surface area (Å²) in [5.74, 6) is 1.14. The first-order valence-corrected chi connectivity index (χ1v) is 7.69. The second-order valence-corrected chi connectivity index (χ2v) is 6.10. The number of carbonyl (C=O) groups excluding carboxylic acids is 1. The van der Waals surface area contributed by atoms with Crippen LogP contribution >= 0.6 is 0 Å². The smallest absolute Gasteiger partial charge is 0.231 e. The fraction of sp³-hybridized carbons (Fsp3) is 0.733. The van der Waals surface area contributed by atoms with Gasteiger partial charge in [-0.05, 0) is 31.6 Å². The van der Waals surface area contributed by atoms with Gasteiger partial charge in [-0.15, -0.1) is 0 Å². The molecule has 1 aromatic heterocycles. The van der Waals surface area contributed by atoms with Crippen molar-refractivity contribution >= 4 is 11.7 Å². The number of nitrogens with one attached hydrogen (secondary N) is 2. The van der Waals surface area contributed by atoms with E-state index >= 15 is 0 Å². The van der Waals surface area contributed by atoms with E-state index in [1.165, 1.54) is 0 Å². The molecule has 0 radical (unpaired) electrons. The quantitative estimate of drug-likeness (QED) is 0.869. The summed E-state index contributed by atoms with van der Waals surface area (Å²) in [6.45, 7) is 4.34. The highest BCUT2D eigenvalue weighted by atomic mass is 16.5. The third-order valence-electron chi connectivity index (χ3n) is 4.54. The molecule has 2 N–H and O–H groups in total. The number of aromatic amines is 1. The molecule has 1 aromatic rings. The molecule has 2 fully saturated rings. The second kappa shape index (κ2) is 5.56. The van der Waals surface area contributed by atoms with Gasteiger partial charge in [0.25, 0.3) is 0 Å². The van der Waals surface area contributed by atoms with Crippen molar-refractivity contribution in [3.8, 4) is 0 Å². The number of aromatic nitrogens is 2. The minimum atomic E-state index is 0.00182. The highest BCUT2D eigenvalue weighted by Crippen LogP contribution is 2.39. The first-order chi connectivity index (χ1) is 9.67. The summed E-state index contributed by atoms with van der Waals surface area (Å²) in [5.41, 5.74) is 1.09. The fourth-order valence-electron chi connectivity index (χ4n) is 3.37. The molecule has 0 aromatic carbocycles. The van der Waals surface area contributed by atoms with Gasteiger partial charge in [0.2, 0.25) is 5.91 Å². The van der Waals surface area contributed by atoms with Crippen LogP contribution in [0.5, 0.6) is 0 Å². The summed E-state index contributed by atoms with van der Waals surface area (Å²) < 4.78 is 5.73. The molecule has 2 saturated heterocycles. The number of fused-ring (bicyclic) bond motifs is 2. The summed E-state index contributed by atoms with van der Waals surface area (Å²) >= 11 is 0. The predicted molar refractivity (Wildman–Crippen MR) is 76.5 cm³/mol. The highest BCUT2D eigenvalue weighted by Gasteiger charge is 2.44. The van der Waals surface area contributed by atoms with E-state index in [9.17, 15) is 4.79 Å². The van der Waals surface area contributed by atoms with Crippen molar-refractivity contribution in [2.24, 2.45) is 5.92 Å². The molecule has 0 unspecified atom stereocenters. The van der Waals surface area contributed by atoms with Gasteiger partial charge in [0.05, 0.1) is 18.1 Å². The SMILES string of the molecule is CCC[C@H](C)c1cc(NC(=O)[C@@H]2C[C@H]3CC[C@H]2O3)n[nH]1. The van der Waals surface area contributed by atoms with E-state index in [1.807, 2.05) is 6.07 Å². The lowest BCUT2D eigenvalue weighted by Gasteiger charge is -2.16. The number of hydrogen-bond acceptors (Lipinski definition) is 3. The maximum absolute atomic E-state index is 12.3. The Morgan fingerprint density at radius 3 is 3.10 bits per heavy atom. The highest BCUT2D eigenvalue weighted by molar-refractivity contribution is 5.92. The zero-order valence-corrected chi connectivity index (χ0v) is 12.2. The number of anilines is 1. The molecular formula is C15H23N3O2. The fourth-order valence-corrected chi connectivity index (χ4v) is 3.37. The Morgan fingerprint density at radius 1 is 1.60 bits per heavy atom. The molecule has 1 amide bonds. The van der Waals surface area contributed by atoms with Crippen molar-refractivity contribution < 1.29 is 9.53 Å². The number of hydrogen-bond donors (Lipinski definition) is 2. The Morgan fingerprint density at radius 2 is 2.45 bits per heavy atom. The van der Waals surface area contributed by atoms with Gasteiger partial charge in [0.1, 0.15) is 0 Å². The molecule has 0 aliphatic carbocycles. The van der Waals surface area contributed by atoms with Crippen LogP contribution in [0.15, 0.2) is 6.07 Å². The number of carbonyl (C=O) groups is 1. The van der Waals surface area contributed by atoms with Crippen LogP contribution in [0, 0.1) is 5.92 Å². The van der Waals surface area contributed by atoms with Crippen molar-refractivity contribution in [2.45, 2.75) is 64.1 Å². The van der Waals surface area contributed by atoms with Crippen molar-refractivity contribution in [3.05, 3.63) is 11.8 Å². The van der Waals surface area contributed by atoms with Gasteiger partial charge in [-0.1, -0.05) is 20.3 Å². The number of nitrogens with zero attached hydrogens (tertiary/aromatic N) is 1. The molecule has 2 aliphatic heterocycles. The van der Waals surface area contributed by atoms with E-state index in [2.05, 4.69) is 29.4 Å². The summed E-state index contributed by atoms with van der Waals surface area (Å²) in [6.07, 6.45) is 5.67. The van der Waals surface area contributed by atoms with Crippen LogP contribution in [0.25, 0.3) is 0 Å². The van der Waals surface area contributed by atoms with E-state index in [1.54, 1.807) is 0 Å². The van der Waals surface area contributed by atoms with Crippen LogP contribution in [-0.2, 0) is 9.53 Å². The number of ether oxygens (including phenoxy) is 1. The third kappa shape index (κ3) is 2.59. The first kappa shape index (κ1) is 13.6. The minimum Gasteiger partial charge on any atom is -0.374 e. The molecule has 5 nitrogen and oxygen atoms in total. The van der Waals surface area contributed by atoms with Crippen LogP contribution in [0.4, 0.5) is 5.82 Å². The lowest BCUT2D eigenvalue weighted by molar-refractivity contribution is -0.121. The summed E-state index contributed by atoms with van der Waals surface area (Å²) in [4.78, 5) is 12.3. The molecule has 2 bridgehead atoms. The Kier molecular flexibility index (Phi) is 3.78. The van der Waals surface area contributed by atoms with E-state index in [0.29, 0.717) is 17.8 Å². The van der Waals surface area contributed by atoms with Gasteiger partial charge in [0.15, 0.2) is 5.82 Å². The standard InChI is InChI=1S/C15H23N3O2/c1-3-4-9(2)12-8-14(18-17-12)16-15(19)11-7-10-5-6-13(11)20-10/h8-11,13H,3-7H2,1-2H3,(H2,16,17,18,19)/t9-,10+,11+,13+/m0/s1. The summed E-state index contributed by atoms with van der Waals surface area (Å²) in [6, 6.07) is 1.95. The van der Waals surface area contributed by atoms with Crippen LogP contribution in [0.2, 0.25) is 0 Å². The third-order valence-corrected chi connectivity index (χ3v) is 4.54. The van der Waals surface area contributed by atoms with Gasteiger partial charge < -0.3 is 10.1 Å². The average Bonchev–Trinajstić information content (AvgIpc) is 3.14. The first-order valence-electron chi connectivity index (χ1n) is 7.69. The van der Waals surface area contributed by atoms with E-state index in [4.69, 9.17) is 4.74 Å². The largest absolute Gasteiger partial charge is 0.374 e. The molecule has 4 atom stereocenters. The van der Waals surface area contributed by atoms with E-state index < -0.39 is 0 Å². The topological polar surface area (TPSA) is 67.0 Å². The maximum Gasteiger partial charge on any atom is 0.231 e. The minimum absolute atomic E-state index is 0.00182. The van der Waals surface area contributed by atoms with Crippen molar-refractivity contribution in [1.29, 1.82) is 0 Å². The molecule has 3 rings (SSSR count). The molecule has 3 heterocycles. The van der Waals surface area contributed by atoms with Crippen molar-refractivity contribution in [3.63, 3.8) is 0 Å². The van der Waals surface area contributed by atoms with Crippen LogP contribution in [0.3, 0.4) is 0 Å². The van der Waals surface area contributed by atoms with Gasteiger partial charge >= 0.3 is 0 Å². The normalized spacial score (nSPS) is 29.6. The van der Waals surface area contributed by atoms with Crippen LogP contribution in [-0.4, -0.2) is 28.3 Å². The van der Waals surface area contributed by atoms with Gasteiger partial charge in [-0.25, -0.2) is 0 Å². The Hall–Kier alpha value is -1.36. The van der Waals surface area contributed by atoms with E-state index in [-0.39, 0.29) is 17.9 Å². The second-order valence-electron chi connectivity index (χ2n) is 6.10. The Bertz CT molecular complexity index is 485. The average molecular weight is 277 g/mol. The lowest BCUT2D eigenvalue weighted by atomic mass is 9.88. The summed E-state index contributed by atoms with van der Waals surface area (Å²) in [7, 11) is 0. The van der Waals surface area contributed by atoms with Gasteiger partial charge in [-0.2, -0.15) is 5.10 Å². The molecule has 110 valence electrons. The molecule has 5 heteroatoms. The van der Waals surface area contributed by atoms with Gasteiger partial charge in [-0.3, -0.25) is 9.89 Å². The molecule has 2 aliphatic rings. The van der Waals surface area contributed by atoms with Crippen LogP contribution in [0.1, 0.15) is 57.6 Å². The lowest BCUT2D eigenvalue weighted by Crippen LogP contribution is -2.30. The van der Waals surface area contributed by atoms with Crippen molar-refractivity contribution in [1.82, 2.24) is 10.2 Å². The predicted octanol–water partition coefficient (Wildman–Crippen LogP) is 2.82. The van der Waals surface area contributed by atoms with Gasteiger partial charge in [0, 0.05) is 11.8 Å². The molecule has 0 spiro atoms. The number of rotatable bonds is 5. The number of amides is 1. The Balaban J connectivity index is 1.59. The molecule has 20 heavy (non-hydrogen) atoms. The van der Waals surface area contributed by atoms with Crippen LogP contribution < -0.4 is 5.32 Å². The Labute approximate surface area is 119 Å². The molecule has 0 saturated carbocycles. The van der Waals surface area contributed by atoms with E-state index in [0.717, 1.165) is 37.8 Å². The number of H-pyrrole nitrogens is 1. The zero-order valence-electron chi connectivity index (χ0n) is 12.2. The summed E-state index contributed by atoms with van der Waals surface area (Å²) in [5, 5.41) is 10.1.